The van der Waals surface area contributed by atoms with E-state index in [-0.39, 0.29) is 11.9 Å². The molecule has 0 aliphatic heterocycles. The van der Waals surface area contributed by atoms with Crippen LogP contribution in [0.4, 0.5) is 0 Å². The molecular formula is C13H17N5O. The van der Waals surface area contributed by atoms with E-state index in [0.717, 1.165) is 12.0 Å². The van der Waals surface area contributed by atoms with E-state index in [9.17, 15) is 4.79 Å². The van der Waals surface area contributed by atoms with Gasteiger partial charge in [0.05, 0.1) is 0 Å². The fraction of sp³-hybridized carbons (Fsp3) is 0.385. The van der Waals surface area contributed by atoms with Gasteiger partial charge in [-0.05, 0) is 29.3 Å². The van der Waals surface area contributed by atoms with Crippen LogP contribution in [0.5, 0.6) is 0 Å². The largest absolute Gasteiger partial charge is 0.351 e. The molecule has 6 nitrogen and oxygen atoms in total. The molecule has 100 valence electrons. The maximum Gasteiger partial charge on any atom is 0.249 e. The molecule has 2 aromatic rings. The molecule has 1 heterocycles. The lowest BCUT2D eigenvalue weighted by molar-refractivity contribution is -0.124. The number of nitrogens with one attached hydrogen (secondary N) is 1. The van der Waals surface area contributed by atoms with Gasteiger partial charge in [-0.2, -0.15) is 0 Å². The minimum absolute atomic E-state index is 0.104. The highest BCUT2D eigenvalue weighted by molar-refractivity contribution is 5.83. The van der Waals surface area contributed by atoms with Gasteiger partial charge in [-0.15, -0.1) is 5.10 Å². The number of carbonyl (C=O) groups is 1. The summed E-state index contributed by atoms with van der Waals surface area (Å²) in [6.45, 7) is 4.00. The molecule has 1 aromatic carbocycles. The predicted octanol–water partition coefficient (Wildman–Crippen LogP) is 1.18. The quantitative estimate of drug-likeness (QED) is 0.875. The van der Waals surface area contributed by atoms with Crippen molar-refractivity contribution in [3.63, 3.8) is 0 Å². The summed E-state index contributed by atoms with van der Waals surface area (Å²) in [5, 5.41) is 14.0. The van der Waals surface area contributed by atoms with Gasteiger partial charge in [-0.25, -0.2) is 4.68 Å². The van der Waals surface area contributed by atoms with E-state index in [1.807, 2.05) is 44.2 Å². The molecule has 0 unspecified atom stereocenters. The molecule has 0 aliphatic carbocycles. The van der Waals surface area contributed by atoms with Crippen LogP contribution in [0.25, 0.3) is 0 Å². The monoisotopic (exact) mass is 259 g/mol. The molecule has 19 heavy (non-hydrogen) atoms. The van der Waals surface area contributed by atoms with Crippen LogP contribution in [0.1, 0.15) is 31.9 Å². The van der Waals surface area contributed by atoms with E-state index in [1.54, 1.807) is 0 Å². The first-order valence-corrected chi connectivity index (χ1v) is 6.30. The van der Waals surface area contributed by atoms with Crippen molar-refractivity contribution in [2.24, 2.45) is 0 Å². The zero-order chi connectivity index (χ0) is 13.7. The molecule has 1 amide bonds. The Labute approximate surface area is 111 Å². The number of amides is 1. The number of hydrogen-bond acceptors (Lipinski definition) is 4. The Kier molecular flexibility index (Phi) is 4.22. The average molecular weight is 259 g/mol. The summed E-state index contributed by atoms with van der Waals surface area (Å²) in [6.07, 6.45) is 2.33. The summed E-state index contributed by atoms with van der Waals surface area (Å²) >= 11 is 0. The van der Waals surface area contributed by atoms with Crippen molar-refractivity contribution in [2.45, 2.75) is 32.4 Å². The normalized spacial score (nSPS) is 13.8. The van der Waals surface area contributed by atoms with Crippen LogP contribution in [0, 0.1) is 0 Å². The summed E-state index contributed by atoms with van der Waals surface area (Å²) in [6, 6.07) is 9.06. The lowest BCUT2D eigenvalue weighted by Crippen LogP contribution is -2.38. The van der Waals surface area contributed by atoms with Gasteiger partial charge in [-0.3, -0.25) is 4.79 Å². The van der Waals surface area contributed by atoms with E-state index in [1.165, 1.54) is 11.0 Å². The van der Waals surface area contributed by atoms with E-state index in [2.05, 4.69) is 20.8 Å². The summed E-state index contributed by atoms with van der Waals surface area (Å²) in [5.41, 5.74) is 0.857. The molecule has 0 radical (unpaired) electrons. The zero-order valence-corrected chi connectivity index (χ0v) is 11.0. The lowest BCUT2D eigenvalue weighted by atomic mass is 10.1. The summed E-state index contributed by atoms with van der Waals surface area (Å²) in [5.74, 6) is -0.104. The molecule has 0 spiro atoms. The highest BCUT2D eigenvalue weighted by Gasteiger charge is 2.24. The second-order valence-electron chi connectivity index (χ2n) is 4.42. The molecule has 0 fully saturated rings. The van der Waals surface area contributed by atoms with Crippen LogP contribution in [0.15, 0.2) is 36.7 Å². The van der Waals surface area contributed by atoms with Gasteiger partial charge < -0.3 is 5.32 Å². The topological polar surface area (TPSA) is 72.7 Å². The highest BCUT2D eigenvalue weighted by Crippen LogP contribution is 2.17. The number of benzene rings is 1. The van der Waals surface area contributed by atoms with Gasteiger partial charge in [0.25, 0.3) is 0 Å². The summed E-state index contributed by atoms with van der Waals surface area (Å²) < 4.78 is 1.47. The third-order valence-electron chi connectivity index (χ3n) is 2.99. The van der Waals surface area contributed by atoms with Crippen LogP contribution < -0.4 is 5.32 Å². The van der Waals surface area contributed by atoms with Gasteiger partial charge in [0.1, 0.15) is 6.33 Å². The Morgan fingerprint density at radius 3 is 2.68 bits per heavy atom. The van der Waals surface area contributed by atoms with E-state index >= 15 is 0 Å². The minimum atomic E-state index is -0.537. The zero-order valence-electron chi connectivity index (χ0n) is 11.0. The fourth-order valence-corrected chi connectivity index (χ4v) is 1.77. The van der Waals surface area contributed by atoms with Crippen molar-refractivity contribution in [1.82, 2.24) is 25.5 Å². The number of tetrazole rings is 1. The molecule has 0 bridgehead atoms. The van der Waals surface area contributed by atoms with Crippen molar-refractivity contribution < 1.29 is 4.79 Å². The van der Waals surface area contributed by atoms with Crippen molar-refractivity contribution in [3.05, 3.63) is 42.2 Å². The average Bonchev–Trinajstić information content (AvgIpc) is 2.94. The Bertz CT molecular complexity index is 511. The number of aromatic nitrogens is 4. The SMILES string of the molecule is CC[C@H](C)NC(=O)[C@@H](c1ccccc1)n1cnnn1. The molecule has 2 rings (SSSR count). The summed E-state index contributed by atoms with van der Waals surface area (Å²) in [4.78, 5) is 12.4. The maximum atomic E-state index is 12.4. The molecule has 0 aliphatic rings. The number of carbonyl (C=O) groups excluding carboxylic acids is 1. The van der Waals surface area contributed by atoms with Crippen molar-refractivity contribution in [2.75, 3.05) is 0 Å². The molecule has 6 heteroatoms. The molecular weight excluding hydrogens is 242 g/mol. The third-order valence-corrected chi connectivity index (χ3v) is 2.99. The number of nitrogens with zero attached hydrogens (tertiary/aromatic N) is 4. The third kappa shape index (κ3) is 3.15. The fourth-order valence-electron chi connectivity index (χ4n) is 1.77. The first-order valence-electron chi connectivity index (χ1n) is 6.30. The molecule has 2 atom stereocenters. The van der Waals surface area contributed by atoms with Crippen LogP contribution in [-0.2, 0) is 4.79 Å². The van der Waals surface area contributed by atoms with Crippen LogP contribution in [0.2, 0.25) is 0 Å². The molecule has 0 saturated carbocycles. The summed E-state index contributed by atoms with van der Waals surface area (Å²) in [7, 11) is 0. The lowest BCUT2D eigenvalue weighted by Gasteiger charge is -2.19. The van der Waals surface area contributed by atoms with Gasteiger partial charge >= 0.3 is 0 Å². The van der Waals surface area contributed by atoms with Crippen molar-refractivity contribution in [3.8, 4) is 0 Å². The van der Waals surface area contributed by atoms with Crippen LogP contribution in [-0.4, -0.2) is 32.2 Å². The van der Waals surface area contributed by atoms with E-state index < -0.39 is 6.04 Å². The molecule has 1 aromatic heterocycles. The first-order chi connectivity index (χ1) is 9.22. The Balaban J connectivity index is 2.28. The van der Waals surface area contributed by atoms with E-state index in [0.29, 0.717) is 0 Å². The highest BCUT2D eigenvalue weighted by atomic mass is 16.2. The van der Waals surface area contributed by atoms with E-state index in [4.69, 9.17) is 0 Å². The Morgan fingerprint density at radius 1 is 1.37 bits per heavy atom. The van der Waals surface area contributed by atoms with Gasteiger partial charge in [0, 0.05) is 6.04 Å². The molecule has 1 N–H and O–H groups in total. The second kappa shape index (κ2) is 6.08. The van der Waals surface area contributed by atoms with Crippen LogP contribution in [0.3, 0.4) is 0 Å². The van der Waals surface area contributed by atoms with Gasteiger partial charge in [0.15, 0.2) is 6.04 Å². The van der Waals surface area contributed by atoms with Gasteiger partial charge in [-0.1, -0.05) is 37.3 Å². The second-order valence-corrected chi connectivity index (χ2v) is 4.42. The molecule has 0 saturated heterocycles. The smallest absolute Gasteiger partial charge is 0.249 e. The standard InChI is InChI=1S/C13H17N5O/c1-3-10(2)15-13(19)12(18-9-14-16-17-18)11-7-5-4-6-8-11/h4-10,12H,3H2,1-2H3,(H,15,19)/t10-,12+/m0/s1. The predicted molar refractivity (Wildman–Crippen MR) is 70.3 cm³/mol. The maximum absolute atomic E-state index is 12.4. The Morgan fingerprint density at radius 2 is 2.11 bits per heavy atom. The Hall–Kier alpha value is -2.24. The number of rotatable bonds is 5. The van der Waals surface area contributed by atoms with Crippen molar-refractivity contribution in [1.29, 1.82) is 0 Å². The van der Waals surface area contributed by atoms with Crippen molar-refractivity contribution >= 4 is 5.91 Å². The van der Waals surface area contributed by atoms with Crippen LogP contribution >= 0.6 is 0 Å². The first kappa shape index (κ1) is 13.2. The minimum Gasteiger partial charge on any atom is -0.351 e. The number of hydrogen-bond donors (Lipinski definition) is 1. The van der Waals surface area contributed by atoms with Gasteiger partial charge in [0.2, 0.25) is 5.91 Å².